The quantitative estimate of drug-likeness (QED) is 0.644. The molecule has 8 heteroatoms. The molecule has 0 aliphatic heterocycles. The molecule has 0 atom stereocenters. The number of aromatic amines is 1. The predicted molar refractivity (Wildman–Crippen MR) is 99.9 cm³/mol. The van der Waals surface area contributed by atoms with Gasteiger partial charge in [-0.15, -0.1) is 0 Å². The molecular weight excluding hydrogens is 349 g/mol. The second-order valence-corrected chi connectivity index (χ2v) is 5.83. The summed E-state index contributed by atoms with van der Waals surface area (Å²) in [5, 5.41) is 12.1. The Morgan fingerprint density at radius 2 is 1.89 bits per heavy atom. The molecule has 3 rings (SSSR count). The number of nitrogens with one attached hydrogen (secondary N) is 3. The second-order valence-electron chi connectivity index (χ2n) is 5.83. The van der Waals surface area contributed by atoms with Gasteiger partial charge in [-0.05, 0) is 30.3 Å². The van der Waals surface area contributed by atoms with Crippen LogP contribution in [0.3, 0.4) is 0 Å². The van der Waals surface area contributed by atoms with Crippen LogP contribution in [0.5, 0.6) is 0 Å². The molecule has 0 saturated carbocycles. The van der Waals surface area contributed by atoms with Crippen LogP contribution in [0, 0.1) is 5.82 Å². The van der Waals surface area contributed by atoms with E-state index in [2.05, 4.69) is 25.8 Å². The van der Waals surface area contributed by atoms with Crippen molar-refractivity contribution in [2.45, 2.75) is 20.3 Å². The van der Waals surface area contributed by atoms with Crippen molar-refractivity contribution < 1.29 is 14.0 Å². The van der Waals surface area contributed by atoms with Gasteiger partial charge >= 0.3 is 0 Å². The number of rotatable bonds is 5. The highest BCUT2D eigenvalue weighted by atomic mass is 19.1. The fraction of sp³-hybridized carbons (Fsp3) is 0.158. The molecule has 0 unspecified atom stereocenters. The summed E-state index contributed by atoms with van der Waals surface area (Å²) in [7, 11) is 0. The van der Waals surface area contributed by atoms with Crippen LogP contribution in [0.25, 0.3) is 11.4 Å². The molecule has 0 bridgehead atoms. The number of carbonyl (C=O) groups excluding carboxylic acids is 2. The zero-order chi connectivity index (χ0) is 19.4. The maximum atomic E-state index is 14.1. The molecule has 3 N–H and O–H groups in total. The summed E-state index contributed by atoms with van der Waals surface area (Å²) in [6.07, 6.45) is 0.710. The fourth-order valence-corrected chi connectivity index (χ4v) is 2.50. The monoisotopic (exact) mass is 367 g/mol. The third-order valence-electron chi connectivity index (χ3n) is 3.82. The molecule has 1 heterocycles. The van der Waals surface area contributed by atoms with Crippen molar-refractivity contribution in [1.29, 1.82) is 0 Å². The number of para-hydroxylation sites is 1. The maximum absolute atomic E-state index is 14.1. The molecule has 0 saturated heterocycles. The normalized spacial score (nSPS) is 10.5. The third kappa shape index (κ3) is 4.17. The van der Waals surface area contributed by atoms with Gasteiger partial charge in [-0.25, -0.2) is 9.37 Å². The number of aromatic nitrogens is 3. The van der Waals surface area contributed by atoms with Crippen LogP contribution in [0.2, 0.25) is 0 Å². The molecule has 27 heavy (non-hydrogen) atoms. The van der Waals surface area contributed by atoms with Crippen LogP contribution < -0.4 is 10.6 Å². The lowest BCUT2D eigenvalue weighted by atomic mass is 10.1. The number of nitrogens with zero attached hydrogens (tertiary/aromatic N) is 2. The number of anilines is 2. The summed E-state index contributed by atoms with van der Waals surface area (Å²) in [6, 6.07) is 11.0. The molecule has 2 amide bonds. The van der Waals surface area contributed by atoms with Crippen LogP contribution in [0.4, 0.5) is 15.8 Å². The topological polar surface area (TPSA) is 99.8 Å². The Bertz CT molecular complexity index is 999. The summed E-state index contributed by atoms with van der Waals surface area (Å²) < 4.78 is 14.1. The van der Waals surface area contributed by atoms with Gasteiger partial charge in [0.1, 0.15) is 11.6 Å². The number of halogens is 1. The molecule has 7 nitrogen and oxygen atoms in total. The van der Waals surface area contributed by atoms with E-state index in [-0.39, 0.29) is 11.3 Å². The van der Waals surface area contributed by atoms with Gasteiger partial charge in [-0.3, -0.25) is 14.7 Å². The Labute approximate surface area is 155 Å². The molecular formula is C19H18FN5O2. The van der Waals surface area contributed by atoms with Crippen LogP contribution in [-0.2, 0) is 11.2 Å². The highest BCUT2D eigenvalue weighted by molar-refractivity contribution is 6.06. The van der Waals surface area contributed by atoms with Crippen molar-refractivity contribution in [1.82, 2.24) is 15.2 Å². The van der Waals surface area contributed by atoms with Gasteiger partial charge in [-0.2, -0.15) is 5.10 Å². The minimum atomic E-state index is -0.687. The number of hydrogen-bond donors (Lipinski definition) is 3. The SMILES string of the molecule is CCc1nc(-c2ccccc2NC(=O)c2ccc(NC(C)=O)c(F)c2)n[nH]1. The van der Waals surface area contributed by atoms with Gasteiger partial charge in [0.15, 0.2) is 5.82 Å². The number of aryl methyl sites for hydroxylation is 1. The lowest BCUT2D eigenvalue weighted by Gasteiger charge is -2.10. The number of amides is 2. The number of H-pyrrole nitrogens is 1. The first-order valence-corrected chi connectivity index (χ1v) is 8.37. The van der Waals surface area contributed by atoms with Crippen molar-refractivity contribution in [2.24, 2.45) is 0 Å². The lowest BCUT2D eigenvalue weighted by molar-refractivity contribution is -0.114. The summed E-state index contributed by atoms with van der Waals surface area (Å²) >= 11 is 0. The fourth-order valence-electron chi connectivity index (χ4n) is 2.50. The van der Waals surface area contributed by atoms with Crippen LogP contribution in [-0.4, -0.2) is 27.0 Å². The summed E-state index contributed by atoms with van der Waals surface area (Å²) in [5.41, 5.74) is 1.31. The van der Waals surface area contributed by atoms with E-state index in [0.29, 0.717) is 23.5 Å². The number of hydrogen-bond acceptors (Lipinski definition) is 4. The zero-order valence-corrected chi connectivity index (χ0v) is 14.8. The Balaban J connectivity index is 1.84. The summed E-state index contributed by atoms with van der Waals surface area (Å²) in [5.74, 6) is -0.357. The minimum absolute atomic E-state index is 0.0206. The first-order chi connectivity index (χ1) is 13.0. The van der Waals surface area contributed by atoms with Gasteiger partial charge < -0.3 is 10.6 Å². The summed E-state index contributed by atoms with van der Waals surface area (Å²) in [4.78, 5) is 28.0. The van der Waals surface area contributed by atoms with Gasteiger partial charge in [0.05, 0.1) is 11.4 Å². The van der Waals surface area contributed by atoms with E-state index in [1.165, 1.54) is 19.1 Å². The molecule has 0 radical (unpaired) electrons. The van der Waals surface area contributed by atoms with Gasteiger partial charge in [-0.1, -0.05) is 19.1 Å². The Morgan fingerprint density at radius 3 is 2.56 bits per heavy atom. The highest BCUT2D eigenvalue weighted by Crippen LogP contribution is 2.26. The van der Waals surface area contributed by atoms with E-state index in [1.54, 1.807) is 18.2 Å². The Kier molecular flexibility index (Phi) is 5.25. The first kappa shape index (κ1) is 18.2. The van der Waals surface area contributed by atoms with Crippen LogP contribution in [0.15, 0.2) is 42.5 Å². The Hall–Kier alpha value is -3.55. The minimum Gasteiger partial charge on any atom is -0.324 e. The smallest absolute Gasteiger partial charge is 0.255 e. The van der Waals surface area contributed by atoms with Gasteiger partial charge in [0.2, 0.25) is 5.91 Å². The molecule has 138 valence electrons. The molecule has 2 aromatic carbocycles. The standard InChI is InChI=1S/C19H18FN5O2/c1-3-17-23-18(25-24-17)13-6-4-5-7-15(13)22-19(27)12-8-9-16(14(20)10-12)21-11(2)26/h4-10H,3H2,1-2H3,(H,21,26)(H,22,27)(H,23,24,25). The van der Waals surface area contributed by atoms with Crippen molar-refractivity contribution >= 4 is 23.2 Å². The van der Waals surface area contributed by atoms with Crippen LogP contribution in [0.1, 0.15) is 30.0 Å². The zero-order valence-electron chi connectivity index (χ0n) is 14.8. The van der Waals surface area contributed by atoms with Crippen molar-refractivity contribution in [2.75, 3.05) is 10.6 Å². The third-order valence-corrected chi connectivity index (χ3v) is 3.82. The average molecular weight is 367 g/mol. The first-order valence-electron chi connectivity index (χ1n) is 8.37. The molecule has 0 aliphatic carbocycles. The van der Waals surface area contributed by atoms with E-state index >= 15 is 0 Å². The second kappa shape index (κ2) is 7.77. The van der Waals surface area contributed by atoms with E-state index in [9.17, 15) is 14.0 Å². The molecule has 0 fully saturated rings. The van der Waals surface area contributed by atoms with Gasteiger partial charge in [0, 0.05) is 24.5 Å². The molecule has 0 aliphatic rings. The van der Waals surface area contributed by atoms with Crippen molar-refractivity contribution in [3.63, 3.8) is 0 Å². The number of benzene rings is 2. The van der Waals surface area contributed by atoms with Crippen molar-refractivity contribution in [3.05, 3.63) is 59.7 Å². The molecule has 0 spiro atoms. The molecule has 3 aromatic rings. The number of carbonyl (C=O) groups is 2. The van der Waals surface area contributed by atoms with E-state index < -0.39 is 17.6 Å². The average Bonchev–Trinajstić information content (AvgIpc) is 3.12. The van der Waals surface area contributed by atoms with E-state index in [0.717, 1.165) is 11.9 Å². The largest absolute Gasteiger partial charge is 0.324 e. The van der Waals surface area contributed by atoms with Gasteiger partial charge in [0.25, 0.3) is 5.91 Å². The van der Waals surface area contributed by atoms with Crippen molar-refractivity contribution in [3.8, 4) is 11.4 Å². The van der Waals surface area contributed by atoms with Crippen LogP contribution >= 0.6 is 0 Å². The molecule has 1 aromatic heterocycles. The maximum Gasteiger partial charge on any atom is 0.255 e. The highest BCUT2D eigenvalue weighted by Gasteiger charge is 2.15. The Morgan fingerprint density at radius 1 is 1.11 bits per heavy atom. The summed E-state index contributed by atoms with van der Waals surface area (Å²) in [6.45, 7) is 3.24. The van der Waals surface area contributed by atoms with E-state index in [4.69, 9.17) is 0 Å². The van der Waals surface area contributed by atoms with E-state index in [1.807, 2.05) is 13.0 Å². The lowest BCUT2D eigenvalue weighted by Crippen LogP contribution is -2.14. The predicted octanol–water partition coefficient (Wildman–Crippen LogP) is 3.38.